The number of alkyl halides is 3. The first-order valence-electron chi connectivity index (χ1n) is 9.09. The van der Waals surface area contributed by atoms with Crippen molar-refractivity contribution in [2.75, 3.05) is 13.6 Å². The molecule has 0 fully saturated rings. The summed E-state index contributed by atoms with van der Waals surface area (Å²) in [6, 6.07) is 6.51. The average molecular weight is 415 g/mol. The van der Waals surface area contributed by atoms with Gasteiger partial charge in [0, 0.05) is 30.7 Å². The predicted molar refractivity (Wildman–Crippen MR) is 107 cm³/mol. The summed E-state index contributed by atoms with van der Waals surface area (Å²) in [4.78, 5) is 14.8. The van der Waals surface area contributed by atoms with Gasteiger partial charge < -0.3 is 9.47 Å². The van der Waals surface area contributed by atoms with Crippen molar-refractivity contribution in [3.63, 3.8) is 0 Å². The summed E-state index contributed by atoms with van der Waals surface area (Å²) in [7, 11) is 1.62. The molecule has 2 rings (SSSR count). The topological polar surface area (TPSA) is 25.2 Å². The van der Waals surface area contributed by atoms with Crippen LogP contribution in [0.4, 0.5) is 13.2 Å². The minimum absolute atomic E-state index is 0.0354. The third-order valence-corrected chi connectivity index (χ3v) is 4.74. The highest BCUT2D eigenvalue weighted by atomic mass is 35.5. The highest BCUT2D eigenvalue weighted by Gasteiger charge is 2.41. The number of aromatic nitrogens is 1. The van der Waals surface area contributed by atoms with Gasteiger partial charge in [0.05, 0.1) is 0 Å². The maximum Gasteiger partial charge on any atom is 0.431 e. The lowest BCUT2D eigenvalue weighted by Crippen LogP contribution is -2.36. The molecule has 0 bridgehead atoms. The van der Waals surface area contributed by atoms with E-state index in [1.165, 1.54) is 11.8 Å². The molecule has 0 unspecified atom stereocenters. The molecule has 1 heterocycles. The summed E-state index contributed by atoms with van der Waals surface area (Å²) in [6.07, 6.45) is -4.57. The van der Waals surface area contributed by atoms with E-state index < -0.39 is 17.8 Å². The van der Waals surface area contributed by atoms with Crippen LogP contribution < -0.4 is 0 Å². The zero-order chi connectivity index (χ0) is 21.4. The molecule has 0 spiro atoms. The summed E-state index contributed by atoms with van der Waals surface area (Å²) in [5.74, 6) is -0.430. The fraction of sp³-hybridized carbons (Fsp3) is 0.476. The molecule has 0 saturated carbocycles. The van der Waals surface area contributed by atoms with Crippen LogP contribution in [0.25, 0.3) is 11.1 Å². The summed E-state index contributed by atoms with van der Waals surface area (Å²) in [5.41, 5.74) is -0.0297. The van der Waals surface area contributed by atoms with Crippen molar-refractivity contribution in [2.24, 2.45) is 5.41 Å². The van der Waals surface area contributed by atoms with Gasteiger partial charge in [-0.1, -0.05) is 44.5 Å². The summed E-state index contributed by atoms with van der Waals surface area (Å²) < 4.78 is 42.6. The van der Waals surface area contributed by atoms with Crippen molar-refractivity contribution >= 4 is 17.5 Å². The lowest BCUT2D eigenvalue weighted by atomic mass is 9.95. The maximum absolute atomic E-state index is 13.8. The molecule has 0 saturated heterocycles. The van der Waals surface area contributed by atoms with Gasteiger partial charge in [-0.2, -0.15) is 13.2 Å². The van der Waals surface area contributed by atoms with E-state index in [4.69, 9.17) is 11.6 Å². The van der Waals surface area contributed by atoms with E-state index >= 15 is 0 Å². The van der Waals surface area contributed by atoms with Gasteiger partial charge in [0.25, 0.3) is 5.91 Å². The minimum Gasteiger partial charge on any atom is -0.340 e. The SMILES string of the molecule is CCn1c(C(=O)N(C)CC(C)(C)C)c(-c2ccc(Cl)cc2)c(C)c1C(F)(F)F. The molecule has 0 aliphatic carbocycles. The van der Waals surface area contributed by atoms with Crippen LogP contribution >= 0.6 is 11.6 Å². The number of halogens is 4. The molecule has 0 aliphatic heterocycles. The monoisotopic (exact) mass is 414 g/mol. The molecule has 0 N–H and O–H groups in total. The van der Waals surface area contributed by atoms with Crippen LogP contribution in [0.3, 0.4) is 0 Å². The second-order valence-corrected chi connectivity index (χ2v) is 8.60. The van der Waals surface area contributed by atoms with Gasteiger partial charge in [-0.3, -0.25) is 4.79 Å². The van der Waals surface area contributed by atoms with Crippen LogP contribution in [0.2, 0.25) is 5.02 Å². The molecule has 154 valence electrons. The molecule has 28 heavy (non-hydrogen) atoms. The molecule has 0 aliphatic rings. The van der Waals surface area contributed by atoms with E-state index in [2.05, 4.69) is 0 Å². The normalized spacial score (nSPS) is 12.4. The molecule has 1 aromatic heterocycles. The van der Waals surface area contributed by atoms with Crippen LogP contribution in [-0.2, 0) is 12.7 Å². The smallest absolute Gasteiger partial charge is 0.340 e. The lowest BCUT2D eigenvalue weighted by Gasteiger charge is -2.27. The fourth-order valence-electron chi connectivity index (χ4n) is 3.58. The Labute approximate surface area is 169 Å². The first-order chi connectivity index (χ1) is 12.8. The Balaban J connectivity index is 2.78. The molecule has 1 amide bonds. The number of nitrogens with zero attached hydrogens (tertiary/aromatic N) is 2. The van der Waals surface area contributed by atoms with Crippen molar-refractivity contribution < 1.29 is 18.0 Å². The highest BCUT2D eigenvalue weighted by Crippen LogP contribution is 2.41. The molecule has 2 aromatic rings. The molecule has 3 nitrogen and oxygen atoms in total. The van der Waals surface area contributed by atoms with Gasteiger partial charge in [0.1, 0.15) is 11.4 Å². The van der Waals surface area contributed by atoms with Crippen molar-refractivity contribution in [1.82, 2.24) is 9.47 Å². The number of amides is 1. The maximum atomic E-state index is 13.8. The number of benzene rings is 1. The van der Waals surface area contributed by atoms with Gasteiger partial charge in [-0.05, 0) is 42.5 Å². The standard InChI is InChI=1S/C21H26ClF3N2O/c1-7-27-17(19(28)26(6)12-20(3,4)5)16(13(2)18(27)21(23,24)25)14-8-10-15(22)11-9-14/h8-11H,7,12H2,1-6H3. The van der Waals surface area contributed by atoms with Crippen LogP contribution in [-0.4, -0.2) is 29.0 Å². The van der Waals surface area contributed by atoms with E-state index in [9.17, 15) is 18.0 Å². The predicted octanol–water partition coefficient (Wildman–Crippen LogP) is 6.27. The fourth-order valence-corrected chi connectivity index (χ4v) is 3.71. The van der Waals surface area contributed by atoms with Gasteiger partial charge >= 0.3 is 6.18 Å². The number of carbonyl (C=O) groups is 1. The van der Waals surface area contributed by atoms with Crippen molar-refractivity contribution in [1.29, 1.82) is 0 Å². The average Bonchev–Trinajstić information content (AvgIpc) is 2.85. The lowest BCUT2D eigenvalue weighted by molar-refractivity contribution is -0.143. The van der Waals surface area contributed by atoms with Crippen LogP contribution in [0.5, 0.6) is 0 Å². The Morgan fingerprint density at radius 1 is 1.14 bits per heavy atom. The van der Waals surface area contributed by atoms with Crippen molar-refractivity contribution in [2.45, 2.75) is 47.3 Å². The zero-order valence-electron chi connectivity index (χ0n) is 17.0. The van der Waals surface area contributed by atoms with Crippen molar-refractivity contribution in [3.05, 3.63) is 46.2 Å². The van der Waals surface area contributed by atoms with E-state index in [1.54, 1.807) is 38.2 Å². The quantitative estimate of drug-likeness (QED) is 0.578. The first kappa shape index (κ1) is 22.3. The van der Waals surface area contributed by atoms with Gasteiger partial charge in [0.2, 0.25) is 0 Å². The number of carbonyl (C=O) groups excluding carboxylic acids is 1. The first-order valence-corrected chi connectivity index (χ1v) is 9.47. The molecule has 7 heteroatoms. The Morgan fingerprint density at radius 2 is 1.68 bits per heavy atom. The molecule has 0 atom stereocenters. The molecule has 0 radical (unpaired) electrons. The third kappa shape index (κ3) is 4.54. The Kier molecular flexibility index (Phi) is 6.24. The van der Waals surface area contributed by atoms with Crippen LogP contribution in [0.15, 0.2) is 24.3 Å². The third-order valence-electron chi connectivity index (χ3n) is 4.49. The minimum atomic E-state index is -4.57. The number of hydrogen-bond acceptors (Lipinski definition) is 1. The molecular weight excluding hydrogens is 389 g/mol. The van der Waals surface area contributed by atoms with Crippen molar-refractivity contribution in [3.8, 4) is 11.1 Å². The number of hydrogen-bond donors (Lipinski definition) is 0. The Hall–Kier alpha value is -1.95. The Morgan fingerprint density at radius 3 is 2.11 bits per heavy atom. The second kappa shape index (κ2) is 7.82. The molecular formula is C21H26ClF3N2O. The van der Waals surface area contributed by atoms with Crippen LogP contribution in [0.1, 0.15) is 49.4 Å². The molecule has 1 aromatic carbocycles. The Bertz CT molecular complexity index is 862. The number of rotatable bonds is 4. The summed E-state index contributed by atoms with van der Waals surface area (Å²) >= 11 is 5.94. The van der Waals surface area contributed by atoms with Gasteiger partial charge in [0.15, 0.2) is 0 Å². The van der Waals surface area contributed by atoms with Crippen LogP contribution in [0, 0.1) is 12.3 Å². The van der Waals surface area contributed by atoms with Gasteiger partial charge in [-0.15, -0.1) is 0 Å². The highest BCUT2D eigenvalue weighted by molar-refractivity contribution is 6.30. The van der Waals surface area contributed by atoms with E-state index in [0.717, 1.165) is 4.57 Å². The van der Waals surface area contributed by atoms with Gasteiger partial charge in [-0.25, -0.2) is 0 Å². The summed E-state index contributed by atoms with van der Waals surface area (Å²) in [5, 5.41) is 0.477. The second-order valence-electron chi connectivity index (χ2n) is 8.17. The largest absolute Gasteiger partial charge is 0.431 e. The summed E-state index contributed by atoms with van der Waals surface area (Å²) in [6.45, 7) is 9.40. The zero-order valence-corrected chi connectivity index (χ0v) is 17.8. The van der Waals surface area contributed by atoms with E-state index in [-0.39, 0.29) is 23.2 Å². The van der Waals surface area contributed by atoms with E-state index in [0.29, 0.717) is 22.7 Å². The van der Waals surface area contributed by atoms with E-state index in [1.807, 2.05) is 20.8 Å².